The monoisotopic (exact) mass is 538 g/mol. The van der Waals surface area contributed by atoms with Gasteiger partial charge in [-0.2, -0.15) is 0 Å². The molecule has 1 aliphatic rings. The van der Waals surface area contributed by atoms with Crippen LogP contribution in [0, 0.1) is 0 Å². The van der Waals surface area contributed by atoms with Gasteiger partial charge in [-0.05, 0) is 72.4 Å². The number of nitrogens with zero attached hydrogens (tertiary/aromatic N) is 1. The summed E-state index contributed by atoms with van der Waals surface area (Å²) in [5.74, 6) is 0.192. The summed E-state index contributed by atoms with van der Waals surface area (Å²) in [6.45, 7) is 8.97. The van der Waals surface area contributed by atoms with E-state index in [0.717, 1.165) is 30.7 Å². The van der Waals surface area contributed by atoms with Crippen molar-refractivity contribution in [1.29, 1.82) is 0 Å². The van der Waals surface area contributed by atoms with Crippen molar-refractivity contribution < 1.29 is 27.9 Å². The maximum Gasteiger partial charge on any atom is 0.409 e. The van der Waals surface area contributed by atoms with E-state index in [4.69, 9.17) is 9.84 Å². The number of carbonyl (C=O) groups is 2. The van der Waals surface area contributed by atoms with Crippen LogP contribution in [-0.2, 0) is 14.8 Å². The van der Waals surface area contributed by atoms with E-state index in [-0.39, 0.29) is 28.6 Å². The highest BCUT2D eigenvalue weighted by Gasteiger charge is 2.29. The lowest BCUT2D eigenvalue weighted by molar-refractivity contribution is 0.0699. The van der Waals surface area contributed by atoms with E-state index < -0.39 is 27.7 Å². The summed E-state index contributed by atoms with van der Waals surface area (Å²) in [5, 5.41) is 14.9. The average molecular weight is 539 g/mol. The van der Waals surface area contributed by atoms with E-state index in [2.05, 4.69) is 20.3 Å². The van der Waals surface area contributed by atoms with Gasteiger partial charge in [-0.1, -0.05) is 6.07 Å². The van der Waals surface area contributed by atoms with Crippen LogP contribution in [-0.4, -0.2) is 48.4 Å². The number of amides is 2. The molecule has 12 heteroatoms. The number of carboxylic acid groups (broad SMARTS) is 1. The molecule has 0 saturated heterocycles. The molecule has 198 valence electrons. The second kappa shape index (κ2) is 11.1. The molecule has 1 saturated carbocycles. The lowest BCUT2D eigenvalue weighted by atomic mass is 9.88. The van der Waals surface area contributed by atoms with Crippen LogP contribution in [0.1, 0.15) is 71.2 Å². The number of thiazole rings is 1. The molecule has 0 atom stereocenters. The number of alkyl carbamates (subject to hydrolysis) is 1. The number of anilines is 1. The molecule has 1 aromatic heterocycles. The summed E-state index contributed by atoms with van der Waals surface area (Å²) in [7, 11) is -3.96. The van der Waals surface area contributed by atoms with Crippen molar-refractivity contribution in [2.75, 3.05) is 5.32 Å². The van der Waals surface area contributed by atoms with E-state index in [0.29, 0.717) is 10.4 Å². The van der Waals surface area contributed by atoms with Crippen LogP contribution < -0.4 is 15.4 Å². The molecular formula is C24H34N4O6S2. The Balaban J connectivity index is 1.81. The number of benzene rings is 1. The van der Waals surface area contributed by atoms with Gasteiger partial charge in [-0.15, -0.1) is 11.3 Å². The summed E-state index contributed by atoms with van der Waals surface area (Å²) in [6, 6.07) is 4.47. The quantitative estimate of drug-likeness (QED) is 0.382. The molecule has 0 spiro atoms. The molecule has 36 heavy (non-hydrogen) atoms. The van der Waals surface area contributed by atoms with Crippen molar-refractivity contribution in [3.63, 3.8) is 0 Å². The molecule has 0 aliphatic heterocycles. The standard InChI is InChI=1S/C24H34N4O6S2/c1-14(2)26-23(31)34-17-9-6-15(7-10-17)21-25-13-19(35-21)18-11-8-16(27-22(29)30)12-20(18)36(32,33)28-24(3,4)5/h8,11-15,17,27-28H,6-7,9-10H2,1-5H3,(H,26,31)(H,29,30). The molecule has 10 nitrogen and oxygen atoms in total. The number of rotatable bonds is 7. The predicted molar refractivity (Wildman–Crippen MR) is 139 cm³/mol. The first kappa shape index (κ1) is 27.9. The maximum absolute atomic E-state index is 13.2. The molecule has 1 fully saturated rings. The minimum Gasteiger partial charge on any atom is -0.465 e. The Morgan fingerprint density at radius 1 is 1.17 bits per heavy atom. The molecule has 0 bridgehead atoms. The summed E-state index contributed by atoms with van der Waals surface area (Å²) in [6.07, 6.45) is 2.93. The fourth-order valence-electron chi connectivity index (χ4n) is 4.06. The van der Waals surface area contributed by atoms with E-state index in [1.165, 1.54) is 23.5 Å². The van der Waals surface area contributed by atoms with Crippen molar-refractivity contribution in [2.24, 2.45) is 0 Å². The zero-order valence-electron chi connectivity index (χ0n) is 21.1. The summed E-state index contributed by atoms with van der Waals surface area (Å²) < 4.78 is 34.6. The minimum atomic E-state index is -3.96. The number of hydrogen-bond donors (Lipinski definition) is 4. The second-order valence-corrected chi connectivity index (χ2v) is 13.0. The lowest BCUT2D eigenvalue weighted by Crippen LogP contribution is -2.40. The Morgan fingerprint density at radius 3 is 2.42 bits per heavy atom. The van der Waals surface area contributed by atoms with Crippen molar-refractivity contribution in [1.82, 2.24) is 15.0 Å². The Labute approximate surface area is 215 Å². The third kappa shape index (κ3) is 7.65. The van der Waals surface area contributed by atoms with E-state index in [9.17, 15) is 18.0 Å². The van der Waals surface area contributed by atoms with Gasteiger partial charge in [0.05, 0.1) is 14.8 Å². The molecule has 2 amide bonds. The van der Waals surface area contributed by atoms with Crippen LogP contribution in [0.25, 0.3) is 10.4 Å². The fraction of sp³-hybridized carbons (Fsp3) is 0.542. The van der Waals surface area contributed by atoms with Crippen LogP contribution in [0.3, 0.4) is 0 Å². The highest BCUT2D eigenvalue weighted by molar-refractivity contribution is 7.89. The van der Waals surface area contributed by atoms with Crippen molar-refractivity contribution >= 4 is 39.2 Å². The van der Waals surface area contributed by atoms with Crippen molar-refractivity contribution in [3.8, 4) is 10.4 Å². The number of carbonyl (C=O) groups excluding carboxylic acids is 1. The number of hydrogen-bond acceptors (Lipinski definition) is 7. The molecular weight excluding hydrogens is 504 g/mol. The van der Waals surface area contributed by atoms with Gasteiger partial charge in [0.25, 0.3) is 0 Å². The van der Waals surface area contributed by atoms with Crippen molar-refractivity contribution in [2.45, 2.75) is 88.8 Å². The van der Waals surface area contributed by atoms with Gasteiger partial charge < -0.3 is 15.2 Å². The van der Waals surface area contributed by atoms with Gasteiger partial charge in [-0.25, -0.2) is 27.7 Å². The van der Waals surface area contributed by atoms with Crippen LogP contribution in [0.2, 0.25) is 0 Å². The van der Waals surface area contributed by atoms with E-state index in [1.54, 1.807) is 33.0 Å². The van der Waals surface area contributed by atoms with Gasteiger partial charge in [0.2, 0.25) is 10.0 Å². The molecule has 2 aromatic rings. The first-order chi connectivity index (χ1) is 16.7. The average Bonchev–Trinajstić information content (AvgIpc) is 3.21. The molecule has 3 rings (SSSR count). The predicted octanol–water partition coefficient (Wildman–Crippen LogP) is 5.14. The summed E-state index contributed by atoms with van der Waals surface area (Å²) in [5.41, 5.74) is -0.114. The zero-order valence-corrected chi connectivity index (χ0v) is 22.8. The lowest BCUT2D eigenvalue weighted by Gasteiger charge is -2.27. The van der Waals surface area contributed by atoms with Gasteiger partial charge in [0.1, 0.15) is 6.10 Å². The van der Waals surface area contributed by atoms with Crippen LogP contribution in [0.5, 0.6) is 0 Å². The fourth-order valence-corrected chi connectivity index (χ4v) is 6.91. The third-order valence-electron chi connectivity index (χ3n) is 5.46. The van der Waals surface area contributed by atoms with E-state index >= 15 is 0 Å². The molecule has 4 N–H and O–H groups in total. The smallest absolute Gasteiger partial charge is 0.409 e. The summed E-state index contributed by atoms with van der Waals surface area (Å²) >= 11 is 1.42. The SMILES string of the molecule is CC(C)NC(=O)OC1CCC(c2ncc(-c3ccc(NC(=O)O)cc3S(=O)(=O)NC(C)(C)C)s2)CC1. The number of ether oxygens (including phenoxy) is 1. The van der Waals surface area contributed by atoms with Gasteiger partial charge in [0, 0.05) is 34.9 Å². The Bertz CT molecular complexity index is 1200. The van der Waals surface area contributed by atoms with E-state index in [1.807, 2.05) is 13.8 Å². The number of nitrogens with one attached hydrogen (secondary N) is 3. The van der Waals surface area contributed by atoms with Crippen molar-refractivity contribution in [3.05, 3.63) is 29.4 Å². The largest absolute Gasteiger partial charge is 0.465 e. The van der Waals surface area contributed by atoms with Gasteiger partial charge in [0.15, 0.2) is 0 Å². The molecule has 1 heterocycles. The first-order valence-electron chi connectivity index (χ1n) is 11.8. The minimum absolute atomic E-state index is 0.0175. The normalized spacial score (nSPS) is 18.6. The molecule has 0 radical (unpaired) electrons. The zero-order chi connectivity index (χ0) is 26.7. The molecule has 1 aromatic carbocycles. The molecule has 0 unspecified atom stereocenters. The topological polar surface area (TPSA) is 147 Å². The number of aromatic nitrogens is 1. The first-order valence-corrected chi connectivity index (χ1v) is 14.1. The third-order valence-corrected chi connectivity index (χ3v) is 8.45. The summed E-state index contributed by atoms with van der Waals surface area (Å²) in [4.78, 5) is 28.2. The maximum atomic E-state index is 13.2. The molecule has 1 aliphatic carbocycles. The Kier molecular flexibility index (Phi) is 8.63. The van der Waals surface area contributed by atoms with Gasteiger partial charge >= 0.3 is 12.2 Å². The van der Waals surface area contributed by atoms with Crippen LogP contribution in [0.4, 0.5) is 15.3 Å². The van der Waals surface area contributed by atoms with Gasteiger partial charge in [-0.3, -0.25) is 5.32 Å². The second-order valence-electron chi connectivity index (χ2n) is 10.2. The highest BCUT2D eigenvalue weighted by atomic mass is 32.2. The highest BCUT2D eigenvalue weighted by Crippen LogP contribution is 2.40. The van der Waals surface area contributed by atoms with Crippen LogP contribution >= 0.6 is 11.3 Å². The Morgan fingerprint density at radius 2 is 1.83 bits per heavy atom. The van der Waals surface area contributed by atoms with Crippen LogP contribution in [0.15, 0.2) is 29.3 Å². The Hall–Kier alpha value is -2.70. The number of sulfonamides is 1.